The number of nitrogens with zero attached hydrogens (tertiary/aromatic N) is 3. The molecule has 2 aromatic carbocycles. The molecule has 0 spiro atoms. The van der Waals surface area contributed by atoms with Crippen molar-refractivity contribution in [1.82, 2.24) is 9.88 Å². The quantitative estimate of drug-likeness (QED) is 0.351. The summed E-state index contributed by atoms with van der Waals surface area (Å²) in [6.07, 6.45) is 4.04. The molecule has 3 fully saturated rings. The highest BCUT2D eigenvalue weighted by atomic mass is 16.5. The maximum Gasteiger partial charge on any atom is 0.312 e. The second kappa shape index (κ2) is 11.8. The van der Waals surface area contributed by atoms with Crippen molar-refractivity contribution in [3.63, 3.8) is 0 Å². The molecule has 8 nitrogen and oxygen atoms in total. The molecule has 1 aliphatic carbocycles. The third-order valence-corrected chi connectivity index (χ3v) is 10.5. The standard InChI is InChI=1S/C36H43N3O5/c1-23-6-4-7-29(31-8-5-9-33(37-31)39-19-27-18-36(27,35(40)41)32(39)22-42-3)34(23)44-21-25-16-24(2)30-20-38(13-10-26(30)17-25)28-11-14-43-15-12-28/h4-9,16-17,27-28,32H,10-15,18-22H2,1-3H3,(H,40,41)/t27-,32+,36+/m1/s1. The van der Waals surface area contributed by atoms with Crippen molar-refractivity contribution in [2.24, 2.45) is 11.3 Å². The summed E-state index contributed by atoms with van der Waals surface area (Å²) in [5.74, 6) is 1.02. The normalized spacial score (nSPS) is 25.0. The minimum atomic E-state index is -0.735. The lowest BCUT2D eigenvalue weighted by Gasteiger charge is -2.38. The van der Waals surface area contributed by atoms with Gasteiger partial charge < -0.3 is 24.2 Å². The summed E-state index contributed by atoms with van der Waals surface area (Å²) in [5, 5.41) is 10.1. The summed E-state index contributed by atoms with van der Waals surface area (Å²) in [5.41, 5.74) is 7.52. The van der Waals surface area contributed by atoms with Crippen molar-refractivity contribution >= 4 is 11.8 Å². The zero-order chi connectivity index (χ0) is 30.4. The molecule has 3 atom stereocenters. The Labute approximate surface area is 259 Å². The fraction of sp³-hybridized carbons (Fsp3) is 0.500. The van der Waals surface area contributed by atoms with Crippen LogP contribution in [0.5, 0.6) is 5.75 Å². The van der Waals surface area contributed by atoms with E-state index in [1.807, 2.05) is 24.3 Å². The van der Waals surface area contributed by atoms with Crippen molar-refractivity contribution in [1.29, 1.82) is 0 Å². The van der Waals surface area contributed by atoms with Crippen LogP contribution in [-0.2, 0) is 33.8 Å². The van der Waals surface area contributed by atoms with Crippen LogP contribution in [-0.4, -0.2) is 73.1 Å². The molecule has 1 saturated carbocycles. The number of aromatic nitrogens is 1. The number of fused-ring (bicyclic) bond motifs is 2. The molecule has 0 unspecified atom stereocenters. The second-order valence-corrected chi connectivity index (χ2v) is 13.1. The number of para-hydroxylation sites is 1. The smallest absolute Gasteiger partial charge is 0.312 e. The van der Waals surface area contributed by atoms with E-state index in [4.69, 9.17) is 19.2 Å². The Hall–Kier alpha value is -3.46. The van der Waals surface area contributed by atoms with E-state index in [0.29, 0.717) is 32.2 Å². The average Bonchev–Trinajstić information content (AvgIpc) is 3.69. The Morgan fingerprint density at radius 1 is 1.11 bits per heavy atom. The summed E-state index contributed by atoms with van der Waals surface area (Å²) in [7, 11) is 1.63. The van der Waals surface area contributed by atoms with Gasteiger partial charge in [-0.15, -0.1) is 0 Å². The lowest BCUT2D eigenvalue weighted by Crippen LogP contribution is -2.43. The van der Waals surface area contributed by atoms with Crippen LogP contribution in [0.2, 0.25) is 0 Å². The van der Waals surface area contributed by atoms with Gasteiger partial charge in [-0.2, -0.15) is 0 Å². The van der Waals surface area contributed by atoms with Crippen LogP contribution in [0, 0.1) is 25.2 Å². The van der Waals surface area contributed by atoms with Crippen LogP contribution in [0.1, 0.15) is 47.1 Å². The van der Waals surface area contributed by atoms with Gasteiger partial charge in [0.25, 0.3) is 0 Å². The Morgan fingerprint density at radius 2 is 1.93 bits per heavy atom. The second-order valence-electron chi connectivity index (χ2n) is 13.1. The van der Waals surface area contributed by atoms with Crippen LogP contribution < -0.4 is 9.64 Å². The first-order valence-corrected chi connectivity index (χ1v) is 16.0. The highest BCUT2D eigenvalue weighted by Crippen LogP contribution is 2.62. The Bertz CT molecular complexity index is 1550. The number of methoxy groups -OCH3 is 1. The molecule has 4 heterocycles. The highest BCUT2D eigenvalue weighted by Gasteiger charge is 2.71. The predicted octanol–water partition coefficient (Wildman–Crippen LogP) is 5.41. The number of ether oxygens (including phenoxy) is 3. The number of hydrogen-bond donors (Lipinski definition) is 1. The number of pyridine rings is 1. The summed E-state index contributed by atoms with van der Waals surface area (Å²) < 4.78 is 17.7. The lowest BCUT2D eigenvalue weighted by molar-refractivity contribution is -0.144. The van der Waals surface area contributed by atoms with E-state index < -0.39 is 11.4 Å². The third kappa shape index (κ3) is 5.17. The molecule has 3 aliphatic heterocycles. The van der Waals surface area contributed by atoms with Gasteiger partial charge in [0.15, 0.2) is 0 Å². The van der Waals surface area contributed by atoms with Crippen molar-refractivity contribution in [2.75, 3.05) is 44.9 Å². The van der Waals surface area contributed by atoms with Gasteiger partial charge in [0.1, 0.15) is 18.2 Å². The zero-order valence-corrected chi connectivity index (χ0v) is 26.1. The molecule has 2 saturated heterocycles. The molecule has 0 radical (unpaired) electrons. The van der Waals surface area contributed by atoms with Crippen LogP contribution >= 0.6 is 0 Å². The molecule has 44 heavy (non-hydrogen) atoms. The van der Waals surface area contributed by atoms with Crippen molar-refractivity contribution in [2.45, 2.75) is 64.8 Å². The summed E-state index contributed by atoms with van der Waals surface area (Å²) in [4.78, 5) is 22.1. The van der Waals surface area contributed by atoms with Crippen molar-refractivity contribution in [3.8, 4) is 17.0 Å². The van der Waals surface area contributed by atoms with Crippen molar-refractivity contribution in [3.05, 3.63) is 76.3 Å². The number of hydrogen-bond acceptors (Lipinski definition) is 7. The third-order valence-electron chi connectivity index (χ3n) is 10.5. The van der Waals surface area contributed by atoms with Crippen LogP contribution in [0.15, 0.2) is 48.5 Å². The number of aliphatic carboxylic acids is 1. The molecule has 1 aromatic heterocycles. The van der Waals surface area contributed by atoms with E-state index >= 15 is 0 Å². The number of rotatable bonds is 9. The van der Waals surface area contributed by atoms with E-state index in [1.54, 1.807) is 7.11 Å². The van der Waals surface area contributed by atoms with Gasteiger partial charge in [-0.3, -0.25) is 9.69 Å². The minimum Gasteiger partial charge on any atom is -0.488 e. The Morgan fingerprint density at radius 3 is 2.73 bits per heavy atom. The van der Waals surface area contributed by atoms with E-state index in [2.05, 4.69) is 47.9 Å². The van der Waals surface area contributed by atoms with Crippen LogP contribution in [0.4, 0.5) is 5.82 Å². The van der Waals surface area contributed by atoms with E-state index in [9.17, 15) is 9.90 Å². The Balaban J connectivity index is 1.10. The highest BCUT2D eigenvalue weighted by molar-refractivity contribution is 5.82. The molecule has 4 aliphatic rings. The van der Waals surface area contributed by atoms with Crippen LogP contribution in [0.25, 0.3) is 11.3 Å². The SMILES string of the molecule is COC[C@@H]1N(c2cccc(-c3cccc(C)c3OCc3cc(C)c4c(c3)CCN(C3CCOCC3)C4)n2)C[C@H]2C[C@]21C(=O)O. The lowest BCUT2D eigenvalue weighted by atomic mass is 9.91. The summed E-state index contributed by atoms with van der Waals surface area (Å²) in [6, 6.07) is 17.2. The van der Waals surface area contributed by atoms with Gasteiger partial charge in [-0.25, -0.2) is 4.98 Å². The molecular weight excluding hydrogens is 554 g/mol. The minimum absolute atomic E-state index is 0.133. The fourth-order valence-electron chi connectivity index (χ4n) is 8.03. The number of aryl methyl sites for hydroxylation is 2. The maximum absolute atomic E-state index is 12.2. The van der Waals surface area contributed by atoms with Gasteiger partial charge in [-0.05, 0) is 91.5 Å². The van der Waals surface area contributed by atoms with E-state index in [-0.39, 0.29) is 12.0 Å². The van der Waals surface area contributed by atoms with Gasteiger partial charge >= 0.3 is 5.97 Å². The largest absolute Gasteiger partial charge is 0.488 e. The zero-order valence-electron chi connectivity index (χ0n) is 26.1. The first kappa shape index (κ1) is 29.3. The first-order valence-electron chi connectivity index (χ1n) is 16.0. The van der Waals surface area contributed by atoms with Gasteiger partial charge in [0.2, 0.25) is 0 Å². The molecule has 0 amide bonds. The molecule has 7 rings (SSSR count). The number of piperidine rings is 1. The molecular formula is C36H43N3O5. The number of benzene rings is 2. The van der Waals surface area contributed by atoms with E-state index in [0.717, 1.165) is 74.0 Å². The predicted molar refractivity (Wildman–Crippen MR) is 169 cm³/mol. The maximum atomic E-state index is 12.2. The van der Waals surface area contributed by atoms with Gasteiger partial charge in [0, 0.05) is 51.6 Å². The number of carboxylic acid groups (broad SMARTS) is 1. The Kier molecular flexibility index (Phi) is 7.85. The number of anilines is 1. The van der Waals surface area contributed by atoms with Gasteiger partial charge in [0.05, 0.1) is 23.8 Å². The topological polar surface area (TPSA) is 84.4 Å². The molecule has 8 heteroatoms. The molecule has 0 bridgehead atoms. The summed E-state index contributed by atoms with van der Waals surface area (Å²) >= 11 is 0. The molecule has 232 valence electrons. The van der Waals surface area contributed by atoms with E-state index in [1.165, 1.54) is 22.3 Å². The number of carboxylic acids is 1. The van der Waals surface area contributed by atoms with Gasteiger partial charge in [-0.1, -0.05) is 30.3 Å². The first-order chi connectivity index (χ1) is 21.4. The molecule has 3 aromatic rings. The monoisotopic (exact) mass is 597 g/mol. The average molecular weight is 598 g/mol. The fourth-order valence-corrected chi connectivity index (χ4v) is 8.03. The molecule has 1 N–H and O–H groups in total. The van der Waals surface area contributed by atoms with Crippen LogP contribution in [0.3, 0.4) is 0 Å². The number of carbonyl (C=O) groups is 1. The van der Waals surface area contributed by atoms with Crippen molar-refractivity contribution < 1.29 is 24.1 Å². The summed E-state index contributed by atoms with van der Waals surface area (Å²) in [6.45, 7) is 9.71.